The smallest absolute Gasteiger partial charge is 0.422 e. The van der Waals surface area contributed by atoms with Crippen LogP contribution in [-0.2, 0) is 16.6 Å². The van der Waals surface area contributed by atoms with Crippen molar-refractivity contribution in [3.63, 3.8) is 0 Å². The van der Waals surface area contributed by atoms with E-state index in [1.807, 2.05) is 0 Å². The van der Waals surface area contributed by atoms with E-state index >= 15 is 0 Å². The van der Waals surface area contributed by atoms with Gasteiger partial charge in [-0.05, 0) is 30.5 Å². The van der Waals surface area contributed by atoms with Crippen LogP contribution in [0.25, 0.3) is 0 Å². The number of nitrogens with one attached hydrogen (secondary N) is 1. The van der Waals surface area contributed by atoms with Gasteiger partial charge in [0.05, 0.1) is 0 Å². The Morgan fingerprint density at radius 2 is 1.82 bits per heavy atom. The standard InChI is InChI=1S/C17H19F3N4O3S/c18-17(19,20)12-27-16-6-3-13(10-23-16)9-21-15-5-4-14(11-22-15)28(25,26)24-7-1-2-8-24/h3-6,10-11H,1-2,7-9,12H2,(H,21,22). The van der Waals surface area contributed by atoms with E-state index in [1.165, 1.54) is 28.8 Å². The summed E-state index contributed by atoms with van der Waals surface area (Å²) in [6.07, 6.45) is 0.00988. The molecule has 0 aromatic carbocycles. The fourth-order valence-corrected chi connectivity index (χ4v) is 4.13. The number of halogens is 3. The van der Waals surface area contributed by atoms with Crippen molar-refractivity contribution in [2.24, 2.45) is 0 Å². The maximum atomic E-state index is 12.4. The first-order valence-electron chi connectivity index (χ1n) is 8.59. The second-order valence-corrected chi connectivity index (χ2v) is 8.19. The number of nitrogens with zero attached hydrogens (tertiary/aromatic N) is 3. The molecule has 3 rings (SSSR count). The van der Waals surface area contributed by atoms with E-state index in [4.69, 9.17) is 0 Å². The Kier molecular flexibility index (Phi) is 6.04. The summed E-state index contributed by atoms with van der Waals surface area (Å²) in [6.45, 7) is -0.0258. The summed E-state index contributed by atoms with van der Waals surface area (Å²) in [4.78, 5) is 8.08. The highest BCUT2D eigenvalue weighted by atomic mass is 32.2. The summed E-state index contributed by atoms with van der Waals surface area (Å²) in [5.41, 5.74) is 0.704. The first-order chi connectivity index (χ1) is 13.2. The first-order valence-corrected chi connectivity index (χ1v) is 10.0. The molecule has 2 aromatic rings. The van der Waals surface area contributed by atoms with Crippen molar-refractivity contribution in [3.05, 3.63) is 42.2 Å². The summed E-state index contributed by atoms with van der Waals surface area (Å²) >= 11 is 0. The summed E-state index contributed by atoms with van der Waals surface area (Å²) in [6, 6.07) is 5.99. The van der Waals surface area contributed by atoms with Crippen molar-refractivity contribution in [1.82, 2.24) is 14.3 Å². The zero-order chi connectivity index (χ0) is 20.2. The lowest BCUT2D eigenvalue weighted by Gasteiger charge is -2.15. The molecule has 3 heterocycles. The zero-order valence-corrected chi connectivity index (χ0v) is 15.6. The van der Waals surface area contributed by atoms with E-state index in [2.05, 4.69) is 20.0 Å². The van der Waals surface area contributed by atoms with Gasteiger partial charge >= 0.3 is 6.18 Å². The number of anilines is 1. The second kappa shape index (κ2) is 8.31. The van der Waals surface area contributed by atoms with Gasteiger partial charge in [-0.3, -0.25) is 0 Å². The average Bonchev–Trinajstić information content (AvgIpc) is 3.21. The molecule has 1 N–H and O–H groups in total. The molecule has 0 unspecified atom stereocenters. The number of hydrogen-bond donors (Lipinski definition) is 1. The van der Waals surface area contributed by atoms with Gasteiger partial charge in [0.25, 0.3) is 0 Å². The molecular formula is C17H19F3N4O3S. The number of rotatable bonds is 7. The Morgan fingerprint density at radius 3 is 2.39 bits per heavy atom. The third-order valence-corrected chi connectivity index (χ3v) is 5.98. The summed E-state index contributed by atoms with van der Waals surface area (Å²) in [7, 11) is -3.50. The van der Waals surface area contributed by atoms with Crippen molar-refractivity contribution in [1.29, 1.82) is 0 Å². The minimum atomic E-state index is -4.41. The van der Waals surface area contributed by atoms with Gasteiger partial charge in [-0.25, -0.2) is 18.4 Å². The van der Waals surface area contributed by atoms with Crippen LogP contribution in [0.1, 0.15) is 18.4 Å². The SMILES string of the molecule is O=S(=O)(c1ccc(NCc2ccc(OCC(F)(F)F)nc2)nc1)N1CCCC1. The monoisotopic (exact) mass is 416 g/mol. The van der Waals surface area contributed by atoms with Crippen molar-refractivity contribution >= 4 is 15.8 Å². The molecule has 1 aliphatic heterocycles. The molecule has 0 atom stereocenters. The predicted octanol–water partition coefficient (Wildman–Crippen LogP) is 2.81. The second-order valence-electron chi connectivity index (χ2n) is 6.25. The number of ether oxygens (including phenoxy) is 1. The van der Waals surface area contributed by atoms with E-state index in [9.17, 15) is 21.6 Å². The van der Waals surface area contributed by atoms with Crippen molar-refractivity contribution < 1.29 is 26.3 Å². The lowest BCUT2D eigenvalue weighted by atomic mass is 10.3. The van der Waals surface area contributed by atoms with Crippen molar-refractivity contribution in [2.75, 3.05) is 25.0 Å². The quantitative estimate of drug-likeness (QED) is 0.747. The molecule has 7 nitrogen and oxygen atoms in total. The largest absolute Gasteiger partial charge is 0.468 e. The fraction of sp³-hybridized carbons (Fsp3) is 0.412. The van der Waals surface area contributed by atoms with E-state index in [1.54, 1.807) is 12.1 Å². The van der Waals surface area contributed by atoms with Crippen molar-refractivity contribution in [3.8, 4) is 5.88 Å². The van der Waals surface area contributed by atoms with E-state index in [0.29, 0.717) is 31.0 Å². The van der Waals surface area contributed by atoms with Gasteiger partial charge in [0.2, 0.25) is 15.9 Å². The number of hydrogen-bond acceptors (Lipinski definition) is 6. The molecule has 2 aromatic heterocycles. The van der Waals surface area contributed by atoms with Crippen LogP contribution in [-0.4, -0.2) is 48.6 Å². The molecule has 1 fully saturated rings. The fourth-order valence-electron chi connectivity index (χ4n) is 2.66. The summed E-state index contributed by atoms with van der Waals surface area (Å²) in [5.74, 6) is 0.355. The molecule has 1 saturated heterocycles. The van der Waals surface area contributed by atoms with Crippen LogP contribution >= 0.6 is 0 Å². The van der Waals surface area contributed by atoms with Crippen molar-refractivity contribution in [2.45, 2.75) is 30.5 Å². The Bertz CT molecular complexity index is 881. The van der Waals surface area contributed by atoms with E-state index < -0.39 is 22.8 Å². The summed E-state index contributed by atoms with van der Waals surface area (Å²) < 4.78 is 67.2. The van der Waals surface area contributed by atoms with Crippen LogP contribution in [0.4, 0.5) is 19.0 Å². The van der Waals surface area contributed by atoms with Crippen LogP contribution in [0.5, 0.6) is 5.88 Å². The Labute approximate surface area is 160 Å². The molecule has 0 spiro atoms. The Hall–Kier alpha value is -2.40. The first kappa shape index (κ1) is 20.3. The Morgan fingerprint density at radius 1 is 1.07 bits per heavy atom. The highest BCUT2D eigenvalue weighted by Gasteiger charge is 2.29. The molecule has 0 bridgehead atoms. The van der Waals surface area contributed by atoms with Crippen LogP contribution < -0.4 is 10.1 Å². The highest BCUT2D eigenvalue weighted by molar-refractivity contribution is 7.89. The predicted molar refractivity (Wildman–Crippen MR) is 95.3 cm³/mol. The lowest BCUT2D eigenvalue weighted by molar-refractivity contribution is -0.154. The van der Waals surface area contributed by atoms with Gasteiger partial charge in [0, 0.05) is 38.1 Å². The molecule has 152 valence electrons. The minimum absolute atomic E-state index is 0.115. The lowest BCUT2D eigenvalue weighted by Crippen LogP contribution is -2.27. The normalized spacial score (nSPS) is 15.5. The van der Waals surface area contributed by atoms with E-state index in [0.717, 1.165) is 12.8 Å². The van der Waals surface area contributed by atoms with Crippen LogP contribution in [0.2, 0.25) is 0 Å². The Balaban J connectivity index is 1.55. The van der Waals surface area contributed by atoms with Gasteiger partial charge in [0.1, 0.15) is 10.7 Å². The maximum Gasteiger partial charge on any atom is 0.422 e. The molecule has 1 aliphatic rings. The topological polar surface area (TPSA) is 84.4 Å². The van der Waals surface area contributed by atoms with E-state index in [-0.39, 0.29) is 10.8 Å². The highest BCUT2D eigenvalue weighted by Crippen LogP contribution is 2.21. The number of alkyl halides is 3. The summed E-state index contributed by atoms with van der Waals surface area (Å²) in [5, 5.41) is 3.00. The van der Waals surface area contributed by atoms with Gasteiger partial charge in [0.15, 0.2) is 6.61 Å². The maximum absolute atomic E-state index is 12.4. The molecule has 28 heavy (non-hydrogen) atoms. The van der Waals surface area contributed by atoms with Crippen LogP contribution in [0.3, 0.4) is 0 Å². The number of aromatic nitrogens is 2. The number of pyridine rings is 2. The molecule has 0 saturated carbocycles. The minimum Gasteiger partial charge on any atom is -0.468 e. The molecule has 0 radical (unpaired) electrons. The molecule has 0 amide bonds. The number of sulfonamides is 1. The van der Waals surface area contributed by atoms with Crippen LogP contribution in [0.15, 0.2) is 41.6 Å². The molecular weight excluding hydrogens is 397 g/mol. The van der Waals surface area contributed by atoms with Gasteiger partial charge < -0.3 is 10.1 Å². The van der Waals surface area contributed by atoms with Gasteiger partial charge in [-0.1, -0.05) is 6.07 Å². The third-order valence-electron chi connectivity index (χ3n) is 4.09. The van der Waals surface area contributed by atoms with Gasteiger partial charge in [-0.2, -0.15) is 17.5 Å². The molecule has 11 heteroatoms. The average molecular weight is 416 g/mol. The zero-order valence-electron chi connectivity index (χ0n) is 14.8. The third kappa shape index (κ3) is 5.32. The molecule has 0 aliphatic carbocycles. The van der Waals surface area contributed by atoms with Gasteiger partial charge in [-0.15, -0.1) is 0 Å². The van der Waals surface area contributed by atoms with Crippen LogP contribution in [0, 0.1) is 0 Å².